The molecular weight excluding hydrogens is 491 g/mol. The van der Waals surface area contributed by atoms with Crippen LogP contribution in [0.5, 0.6) is 0 Å². The molecule has 2 heterocycles. The fourth-order valence-corrected chi connectivity index (χ4v) is 2.54. The third kappa shape index (κ3) is 4.45. The van der Waals surface area contributed by atoms with E-state index in [1.807, 2.05) is 0 Å². The van der Waals surface area contributed by atoms with E-state index in [4.69, 9.17) is 0 Å². The van der Waals surface area contributed by atoms with Gasteiger partial charge in [-0.3, -0.25) is 4.98 Å². The maximum atomic E-state index is 13.8. The van der Waals surface area contributed by atoms with Gasteiger partial charge in [-0.05, 0) is 12.1 Å². The number of pyridine rings is 2. The molecule has 15 heteroatoms. The Hall–Kier alpha value is -2.61. The third-order valence-electron chi connectivity index (χ3n) is 4.53. The Morgan fingerprint density at radius 1 is 0.636 bits per heavy atom. The van der Waals surface area contributed by atoms with Crippen LogP contribution >= 0.6 is 0 Å². The van der Waals surface area contributed by atoms with Crippen molar-refractivity contribution >= 4 is 0 Å². The minimum absolute atomic E-state index is 0.411. The molecule has 0 unspecified atom stereocenters. The van der Waals surface area contributed by atoms with Crippen LogP contribution in [0.2, 0.25) is 0 Å². The largest absolute Gasteiger partial charge is 0.460 e. The van der Waals surface area contributed by atoms with Gasteiger partial charge in [-0.15, -0.1) is 0 Å². The second-order valence-corrected chi connectivity index (χ2v) is 6.79. The molecule has 2 aromatic rings. The number of aromatic nitrogens is 2. The normalized spacial score (nSPS) is 14.5. The van der Waals surface area contributed by atoms with Crippen molar-refractivity contribution in [1.82, 2.24) is 4.98 Å². The number of halogens is 13. The van der Waals surface area contributed by atoms with Crippen molar-refractivity contribution in [3.05, 3.63) is 48.9 Å². The maximum absolute atomic E-state index is 13.8. The van der Waals surface area contributed by atoms with Crippen LogP contribution in [0.25, 0.3) is 11.3 Å². The van der Waals surface area contributed by atoms with Gasteiger partial charge in [-0.1, -0.05) is 6.07 Å². The first kappa shape index (κ1) is 26.6. The van der Waals surface area contributed by atoms with E-state index < -0.39 is 48.8 Å². The van der Waals surface area contributed by atoms with Gasteiger partial charge in [0.1, 0.15) is 0 Å². The fourth-order valence-electron chi connectivity index (χ4n) is 2.54. The Kier molecular flexibility index (Phi) is 6.71. The summed E-state index contributed by atoms with van der Waals surface area (Å²) in [6, 6.07) is 7.24. The van der Waals surface area contributed by atoms with Crippen molar-refractivity contribution in [3.63, 3.8) is 0 Å². The average molecular weight is 503 g/mol. The summed E-state index contributed by atoms with van der Waals surface area (Å²) in [4.78, 5) is 3.96. The zero-order chi connectivity index (χ0) is 25.5. The van der Waals surface area contributed by atoms with Crippen molar-refractivity contribution in [2.45, 2.75) is 48.8 Å². The molecule has 2 aromatic heterocycles. The van der Waals surface area contributed by atoms with Crippen molar-refractivity contribution in [2.75, 3.05) is 0 Å². The van der Waals surface area contributed by atoms with Crippen molar-refractivity contribution in [1.29, 1.82) is 0 Å². The zero-order valence-corrected chi connectivity index (χ0v) is 15.8. The Balaban J connectivity index is 2.25. The first-order chi connectivity index (χ1) is 14.8. The number of aryl methyl sites for hydroxylation is 1. The van der Waals surface area contributed by atoms with Crippen LogP contribution in [0.15, 0.2) is 48.9 Å². The molecule has 0 aliphatic carbocycles. The van der Waals surface area contributed by atoms with E-state index in [0.717, 1.165) is 17.0 Å². The van der Waals surface area contributed by atoms with E-state index in [1.165, 1.54) is 18.3 Å². The highest BCUT2D eigenvalue weighted by Crippen LogP contribution is 2.60. The number of rotatable bonds is 8. The SMILES string of the molecule is FC(F)(F)C(F)(F)C(F)(F)C(F)(F)C(F)(F)C(F)(F)CC[n+]1ccc(-c2ccccn2)cc1. The van der Waals surface area contributed by atoms with Crippen LogP contribution in [-0.4, -0.2) is 40.8 Å². The van der Waals surface area contributed by atoms with E-state index in [1.54, 1.807) is 18.2 Å². The molecule has 0 aliphatic rings. The molecule has 0 saturated heterocycles. The van der Waals surface area contributed by atoms with E-state index in [-0.39, 0.29) is 0 Å². The second kappa shape index (κ2) is 8.31. The lowest BCUT2D eigenvalue weighted by atomic mass is 9.92. The number of nitrogens with zero attached hydrogens (tertiary/aromatic N) is 2. The van der Waals surface area contributed by atoms with Crippen LogP contribution in [0.1, 0.15) is 6.42 Å². The molecule has 0 fully saturated rings. The lowest BCUT2D eigenvalue weighted by Gasteiger charge is -2.39. The molecule has 0 atom stereocenters. The molecular formula is C18H12F13N2+. The predicted octanol–water partition coefficient (Wildman–Crippen LogP) is 6.17. The topological polar surface area (TPSA) is 16.8 Å². The van der Waals surface area contributed by atoms with Gasteiger partial charge in [-0.25, -0.2) is 4.57 Å². The first-order valence-electron chi connectivity index (χ1n) is 8.66. The molecule has 2 nitrogen and oxygen atoms in total. The zero-order valence-electron chi connectivity index (χ0n) is 15.8. The predicted molar refractivity (Wildman–Crippen MR) is 85.3 cm³/mol. The number of hydrogen-bond donors (Lipinski definition) is 0. The summed E-state index contributed by atoms with van der Waals surface area (Å²) in [7, 11) is 0. The standard InChI is InChI=1S/C18H12F13N2/c19-13(20,6-10-33-8-4-11(5-9-33)12-3-1-2-7-32-12)14(21,22)15(23,24)16(25,26)17(27,28)18(29,30)31/h1-5,7-9H,6,10H2/q+1. The van der Waals surface area contributed by atoms with Crippen molar-refractivity contribution < 1.29 is 61.6 Å². The second-order valence-electron chi connectivity index (χ2n) is 6.79. The quantitative estimate of drug-likeness (QED) is 0.311. The molecule has 2 rings (SSSR count). The van der Waals surface area contributed by atoms with Gasteiger partial charge in [0.05, 0.1) is 12.1 Å². The monoisotopic (exact) mass is 503 g/mol. The molecule has 0 spiro atoms. The maximum Gasteiger partial charge on any atom is 0.460 e. The Labute approximate surface area is 176 Å². The van der Waals surface area contributed by atoms with Crippen molar-refractivity contribution in [3.8, 4) is 11.3 Å². The van der Waals surface area contributed by atoms with Crippen LogP contribution in [-0.2, 0) is 6.54 Å². The minimum atomic E-state index is -7.89. The summed E-state index contributed by atoms with van der Waals surface area (Å²) in [5, 5.41) is 0. The minimum Gasteiger partial charge on any atom is -0.256 e. The van der Waals surface area contributed by atoms with Gasteiger partial charge in [0.25, 0.3) is 0 Å². The summed E-state index contributed by atoms with van der Waals surface area (Å²) in [6.07, 6.45) is -6.27. The van der Waals surface area contributed by atoms with Crippen LogP contribution in [0.4, 0.5) is 57.1 Å². The molecule has 0 N–H and O–H groups in total. The van der Waals surface area contributed by atoms with Crippen LogP contribution in [0.3, 0.4) is 0 Å². The van der Waals surface area contributed by atoms with E-state index in [2.05, 4.69) is 4.98 Å². The van der Waals surface area contributed by atoms with Crippen LogP contribution < -0.4 is 4.57 Å². The van der Waals surface area contributed by atoms with Gasteiger partial charge >= 0.3 is 35.8 Å². The van der Waals surface area contributed by atoms with Crippen LogP contribution in [0, 0.1) is 0 Å². The summed E-state index contributed by atoms with van der Waals surface area (Å²) in [5.74, 6) is -36.8. The Bertz CT molecular complexity index is 938. The van der Waals surface area contributed by atoms with E-state index >= 15 is 0 Å². The molecule has 0 saturated carbocycles. The molecule has 0 aliphatic heterocycles. The highest BCUT2D eigenvalue weighted by atomic mass is 19.4. The molecule has 0 amide bonds. The average Bonchev–Trinajstić information content (AvgIpc) is 2.72. The first-order valence-corrected chi connectivity index (χ1v) is 8.66. The summed E-state index contributed by atoms with van der Waals surface area (Å²) >= 11 is 0. The number of alkyl halides is 13. The third-order valence-corrected chi connectivity index (χ3v) is 4.53. The lowest BCUT2D eigenvalue weighted by molar-refractivity contribution is -0.700. The summed E-state index contributed by atoms with van der Waals surface area (Å²) < 4.78 is 171. The van der Waals surface area contributed by atoms with Gasteiger partial charge in [-0.2, -0.15) is 57.1 Å². The lowest BCUT2D eigenvalue weighted by Crippen LogP contribution is -2.70. The Morgan fingerprint density at radius 3 is 1.61 bits per heavy atom. The summed E-state index contributed by atoms with van der Waals surface area (Å²) in [6.45, 7) is -1.21. The molecule has 0 bridgehead atoms. The molecule has 184 valence electrons. The Morgan fingerprint density at radius 2 is 1.15 bits per heavy atom. The van der Waals surface area contributed by atoms with Gasteiger partial charge in [0.2, 0.25) is 0 Å². The van der Waals surface area contributed by atoms with Gasteiger partial charge < -0.3 is 0 Å². The van der Waals surface area contributed by atoms with E-state index in [0.29, 0.717) is 11.3 Å². The van der Waals surface area contributed by atoms with Gasteiger partial charge in [0.15, 0.2) is 18.9 Å². The van der Waals surface area contributed by atoms with Crippen molar-refractivity contribution in [2.24, 2.45) is 0 Å². The molecule has 0 radical (unpaired) electrons. The number of hydrogen-bond acceptors (Lipinski definition) is 1. The molecule has 33 heavy (non-hydrogen) atoms. The molecule has 0 aromatic carbocycles. The summed E-state index contributed by atoms with van der Waals surface area (Å²) in [5.41, 5.74) is 0.832. The van der Waals surface area contributed by atoms with E-state index in [9.17, 15) is 57.1 Å². The highest BCUT2D eigenvalue weighted by Gasteiger charge is 2.90. The van der Waals surface area contributed by atoms with Gasteiger partial charge in [0, 0.05) is 23.9 Å². The highest BCUT2D eigenvalue weighted by molar-refractivity contribution is 5.56. The smallest absolute Gasteiger partial charge is 0.256 e. The fraction of sp³-hybridized carbons (Fsp3) is 0.444.